The summed E-state index contributed by atoms with van der Waals surface area (Å²) >= 11 is 0. The van der Waals surface area contributed by atoms with Gasteiger partial charge in [-0.2, -0.15) is 0 Å². The van der Waals surface area contributed by atoms with E-state index in [1.807, 2.05) is 0 Å². The first-order valence-electron chi connectivity index (χ1n) is 7.53. The second-order valence-electron chi connectivity index (χ2n) is 6.19. The highest BCUT2D eigenvalue weighted by atomic mass is 16.2. The molecule has 0 aromatic heterocycles. The number of rotatable bonds is 3. The minimum absolute atomic E-state index is 0.0790. The van der Waals surface area contributed by atoms with Crippen LogP contribution in [0.1, 0.15) is 42.5 Å². The fourth-order valence-corrected chi connectivity index (χ4v) is 3.10. The zero-order valence-electron chi connectivity index (χ0n) is 13.1. The highest BCUT2D eigenvalue weighted by Crippen LogP contribution is 2.21. The standard InChI is InChI=1S/C17H26N2O/c1-12-7-8-16(13(2)10-12)14(3)18-17(20)15-6-5-9-19(4)11-15/h7-8,10,14-15H,5-6,9,11H2,1-4H3,(H,18,20)/t14-,15+/m0/s1. The zero-order valence-corrected chi connectivity index (χ0v) is 13.1. The second-order valence-corrected chi connectivity index (χ2v) is 6.19. The van der Waals surface area contributed by atoms with Crippen molar-refractivity contribution in [2.45, 2.75) is 39.7 Å². The van der Waals surface area contributed by atoms with Gasteiger partial charge in [0, 0.05) is 6.54 Å². The van der Waals surface area contributed by atoms with Crippen molar-refractivity contribution in [2.75, 3.05) is 20.1 Å². The molecule has 1 amide bonds. The van der Waals surface area contributed by atoms with Crippen molar-refractivity contribution in [3.8, 4) is 0 Å². The first kappa shape index (κ1) is 15.0. The quantitative estimate of drug-likeness (QED) is 0.919. The Labute approximate surface area is 122 Å². The van der Waals surface area contributed by atoms with E-state index in [2.05, 4.69) is 56.2 Å². The van der Waals surface area contributed by atoms with Crippen molar-refractivity contribution in [1.29, 1.82) is 0 Å². The summed E-state index contributed by atoms with van der Waals surface area (Å²) in [5.74, 6) is 0.339. The molecular formula is C17H26N2O. The first-order valence-corrected chi connectivity index (χ1v) is 7.53. The third-order valence-electron chi connectivity index (χ3n) is 4.25. The maximum Gasteiger partial charge on any atom is 0.224 e. The molecule has 1 N–H and O–H groups in total. The van der Waals surface area contributed by atoms with Crippen LogP contribution in [0.4, 0.5) is 0 Å². The Morgan fingerprint density at radius 3 is 2.80 bits per heavy atom. The van der Waals surface area contributed by atoms with E-state index in [-0.39, 0.29) is 17.9 Å². The molecular weight excluding hydrogens is 248 g/mol. The van der Waals surface area contributed by atoms with Crippen molar-refractivity contribution < 1.29 is 4.79 Å². The van der Waals surface area contributed by atoms with Crippen molar-refractivity contribution in [1.82, 2.24) is 10.2 Å². The first-order chi connectivity index (χ1) is 9.47. The molecule has 1 aliphatic heterocycles. The number of piperidine rings is 1. The van der Waals surface area contributed by atoms with Gasteiger partial charge in [-0.15, -0.1) is 0 Å². The van der Waals surface area contributed by atoms with Gasteiger partial charge in [0.2, 0.25) is 5.91 Å². The summed E-state index contributed by atoms with van der Waals surface area (Å²) in [6, 6.07) is 6.49. The number of nitrogens with zero attached hydrogens (tertiary/aromatic N) is 1. The summed E-state index contributed by atoms with van der Waals surface area (Å²) in [6.45, 7) is 8.27. The molecule has 110 valence electrons. The molecule has 3 heteroatoms. The Morgan fingerprint density at radius 2 is 2.15 bits per heavy atom. The lowest BCUT2D eigenvalue weighted by Gasteiger charge is -2.30. The molecule has 3 nitrogen and oxygen atoms in total. The van der Waals surface area contributed by atoms with E-state index in [0.717, 1.165) is 25.9 Å². The van der Waals surface area contributed by atoms with Crippen molar-refractivity contribution in [2.24, 2.45) is 5.92 Å². The van der Waals surface area contributed by atoms with Gasteiger partial charge in [-0.25, -0.2) is 0 Å². The summed E-state index contributed by atoms with van der Waals surface area (Å²) in [6.07, 6.45) is 2.13. The Balaban J connectivity index is 1.99. The number of likely N-dealkylation sites (tertiary alicyclic amines) is 1. The van der Waals surface area contributed by atoms with Crippen LogP contribution in [0.3, 0.4) is 0 Å². The Hall–Kier alpha value is -1.35. The van der Waals surface area contributed by atoms with Crippen LogP contribution in [0.5, 0.6) is 0 Å². The summed E-state index contributed by atoms with van der Waals surface area (Å²) in [5.41, 5.74) is 3.73. The number of nitrogens with one attached hydrogen (secondary N) is 1. The molecule has 1 fully saturated rings. The van der Waals surface area contributed by atoms with Gasteiger partial charge >= 0.3 is 0 Å². The topological polar surface area (TPSA) is 32.3 Å². The van der Waals surface area contributed by atoms with Gasteiger partial charge in [0.25, 0.3) is 0 Å². The second kappa shape index (κ2) is 6.40. The average molecular weight is 274 g/mol. The maximum atomic E-state index is 12.4. The number of aryl methyl sites for hydroxylation is 2. The van der Waals surface area contributed by atoms with Crippen molar-refractivity contribution in [3.63, 3.8) is 0 Å². The zero-order chi connectivity index (χ0) is 14.7. The van der Waals surface area contributed by atoms with E-state index in [1.54, 1.807) is 0 Å². The SMILES string of the molecule is Cc1ccc([C@H](C)NC(=O)[C@@H]2CCCN(C)C2)c(C)c1. The minimum Gasteiger partial charge on any atom is -0.349 e. The Bertz CT molecular complexity index is 484. The Kier molecular flexibility index (Phi) is 4.81. The van der Waals surface area contributed by atoms with E-state index in [4.69, 9.17) is 0 Å². The number of benzene rings is 1. The molecule has 1 aromatic carbocycles. The lowest BCUT2D eigenvalue weighted by atomic mass is 9.96. The highest BCUT2D eigenvalue weighted by Gasteiger charge is 2.25. The summed E-state index contributed by atoms with van der Waals surface area (Å²) in [4.78, 5) is 14.6. The average Bonchev–Trinajstić information content (AvgIpc) is 2.38. The smallest absolute Gasteiger partial charge is 0.224 e. The Morgan fingerprint density at radius 1 is 1.40 bits per heavy atom. The van der Waals surface area contributed by atoms with Crippen LogP contribution in [0.15, 0.2) is 18.2 Å². The van der Waals surface area contributed by atoms with Gasteiger partial charge in [-0.3, -0.25) is 4.79 Å². The fraction of sp³-hybridized carbons (Fsp3) is 0.588. The molecule has 1 aliphatic rings. The van der Waals surface area contributed by atoms with Gasteiger partial charge < -0.3 is 10.2 Å². The van der Waals surface area contributed by atoms with Gasteiger partial charge in [0.15, 0.2) is 0 Å². The molecule has 0 bridgehead atoms. The van der Waals surface area contributed by atoms with Gasteiger partial charge in [-0.05, 0) is 58.3 Å². The molecule has 1 aromatic rings. The number of carbonyl (C=O) groups excluding carboxylic acids is 1. The van der Waals surface area contributed by atoms with E-state index in [0.29, 0.717) is 0 Å². The van der Waals surface area contributed by atoms with E-state index in [9.17, 15) is 4.79 Å². The molecule has 0 spiro atoms. The molecule has 1 saturated heterocycles. The molecule has 2 atom stereocenters. The van der Waals surface area contributed by atoms with Crippen LogP contribution in [0, 0.1) is 19.8 Å². The highest BCUT2D eigenvalue weighted by molar-refractivity contribution is 5.79. The van der Waals surface area contributed by atoms with Crippen LogP contribution >= 0.6 is 0 Å². The summed E-state index contributed by atoms with van der Waals surface area (Å²) < 4.78 is 0. The number of hydrogen-bond donors (Lipinski definition) is 1. The molecule has 20 heavy (non-hydrogen) atoms. The summed E-state index contributed by atoms with van der Waals surface area (Å²) in [7, 11) is 2.09. The molecule has 0 saturated carbocycles. The predicted octanol–water partition coefficient (Wildman–Crippen LogP) is 2.82. The number of hydrogen-bond acceptors (Lipinski definition) is 2. The number of amides is 1. The third-order valence-corrected chi connectivity index (χ3v) is 4.25. The van der Waals surface area contributed by atoms with E-state index >= 15 is 0 Å². The lowest BCUT2D eigenvalue weighted by molar-refractivity contribution is -0.127. The van der Waals surface area contributed by atoms with Crippen LogP contribution in [-0.2, 0) is 4.79 Å². The molecule has 0 radical (unpaired) electrons. The minimum atomic E-state index is 0.0790. The monoisotopic (exact) mass is 274 g/mol. The maximum absolute atomic E-state index is 12.4. The van der Waals surface area contributed by atoms with Crippen LogP contribution < -0.4 is 5.32 Å². The van der Waals surface area contributed by atoms with Gasteiger partial charge in [-0.1, -0.05) is 23.8 Å². The fourth-order valence-electron chi connectivity index (χ4n) is 3.10. The predicted molar refractivity (Wildman–Crippen MR) is 82.7 cm³/mol. The lowest BCUT2D eigenvalue weighted by Crippen LogP contribution is -2.42. The van der Waals surface area contributed by atoms with Crippen molar-refractivity contribution >= 4 is 5.91 Å². The van der Waals surface area contributed by atoms with Crippen LogP contribution in [-0.4, -0.2) is 30.9 Å². The van der Waals surface area contributed by atoms with E-state index < -0.39 is 0 Å². The normalized spacial score (nSPS) is 21.5. The van der Waals surface area contributed by atoms with Crippen LogP contribution in [0.2, 0.25) is 0 Å². The molecule has 0 unspecified atom stereocenters. The van der Waals surface area contributed by atoms with Crippen molar-refractivity contribution in [3.05, 3.63) is 34.9 Å². The largest absolute Gasteiger partial charge is 0.349 e. The molecule has 2 rings (SSSR count). The molecule has 1 heterocycles. The number of carbonyl (C=O) groups is 1. The van der Waals surface area contributed by atoms with E-state index in [1.165, 1.54) is 16.7 Å². The third kappa shape index (κ3) is 3.60. The van der Waals surface area contributed by atoms with Gasteiger partial charge in [0.1, 0.15) is 0 Å². The molecule has 0 aliphatic carbocycles. The summed E-state index contributed by atoms with van der Waals surface area (Å²) in [5, 5.41) is 3.18. The van der Waals surface area contributed by atoms with Crippen LogP contribution in [0.25, 0.3) is 0 Å². The van der Waals surface area contributed by atoms with Gasteiger partial charge in [0.05, 0.1) is 12.0 Å².